The third-order valence-corrected chi connectivity index (χ3v) is 6.18. The molecule has 2 saturated carbocycles. The van der Waals surface area contributed by atoms with Crippen LogP contribution in [0.2, 0.25) is 0 Å². The number of esters is 2. The van der Waals surface area contributed by atoms with Gasteiger partial charge in [0.2, 0.25) is 0 Å². The van der Waals surface area contributed by atoms with Crippen LogP contribution in [0.1, 0.15) is 97.8 Å². The van der Waals surface area contributed by atoms with Crippen molar-refractivity contribution >= 4 is 11.9 Å². The van der Waals surface area contributed by atoms with Crippen molar-refractivity contribution in [2.75, 3.05) is 0 Å². The first-order chi connectivity index (χ1) is 12.5. The monoisotopic (exact) mass is 366 g/mol. The van der Waals surface area contributed by atoms with Crippen LogP contribution in [-0.4, -0.2) is 24.1 Å². The van der Waals surface area contributed by atoms with E-state index in [9.17, 15) is 9.59 Å². The van der Waals surface area contributed by atoms with E-state index in [-0.39, 0.29) is 36.0 Å². The van der Waals surface area contributed by atoms with Gasteiger partial charge in [-0.25, -0.2) is 0 Å². The van der Waals surface area contributed by atoms with Gasteiger partial charge in [-0.15, -0.1) is 0 Å². The Morgan fingerprint density at radius 2 is 1.42 bits per heavy atom. The summed E-state index contributed by atoms with van der Waals surface area (Å²) in [5, 5.41) is 0. The molecule has 2 rings (SSSR count). The molecule has 150 valence electrons. The summed E-state index contributed by atoms with van der Waals surface area (Å²) in [6.07, 6.45) is 11.9. The molecular formula is C22H38O4. The van der Waals surface area contributed by atoms with Gasteiger partial charge in [-0.1, -0.05) is 33.1 Å². The Bertz CT molecular complexity index is 431. The van der Waals surface area contributed by atoms with Gasteiger partial charge in [0.15, 0.2) is 0 Å². The topological polar surface area (TPSA) is 52.6 Å². The molecule has 0 N–H and O–H groups in total. The third-order valence-electron chi connectivity index (χ3n) is 6.18. The second-order valence-electron chi connectivity index (χ2n) is 8.45. The van der Waals surface area contributed by atoms with E-state index in [0.717, 1.165) is 57.3 Å². The maximum atomic E-state index is 12.4. The van der Waals surface area contributed by atoms with Gasteiger partial charge < -0.3 is 9.47 Å². The summed E-state index contributed by atoms with van der Waals surface area (Å²) in [6.45, 7) is 6.29. The normalized spacial score (nSPS) is 30.4. The van der Waals surface area contributed by atoms with Crippen molar-refractivity contribution in [2.45, 2.75) is 110 Å². The molecule has 0 aliphatic heterocycles. The first-order valence-corrected chi connectivity index (χ1v) is 10.9. The van der Waals surface area contributed by atoms with Crippen LogP contribution >= 0.6 is 0 Å². The van der Waals surface area contributed by atoms with Gasteiger partial charge in [0, 0.05) is 0 Å². The van der Waals surface area contributed by atoms with E-state index in [4.69, 9.17) is 9.47 Å². The summed E-state index contributed by atoms with van der Waals surface area (Å²) in [4.78, 5) is 24.7. The zero-order valence-corrected chi connectivity index (χ0v) is 17.0. The number of rotatable bonds is 8. The second kappa shape index (κ2) is 10.9. The third kappa shape index (κ3) is 6.59. The summed E-state index contributed by atoms with van der Waals surface area (Å²) in [5.74, 6) is 0.822. The number of ether oxygens (including phenoxy) is 2. The minimum Gasteiger partial charge on any atom is -0.462 e. The number of carbonyl (C=O) groups excluding carboxylic acids is 2. The molecule has 1 unspecified atom stereocenters. The average molecular weight is 367 g/mol. The quantitative estimate of drug-likeness (QED) is 0.538. The minimum atomic E-state index is -0.0648. The molecule has 2 aliphatic rings. The smallest absolute Gasteiger partial charge is 0.309 e. The van der Waals surface area contributed by atoms with Gasteiger partial charge >= 0.3 is 11.9 Å². The van der Waals surface area contributed by atoms with Crippen molar-refractivity contribution in [1.29, 1.82) is 0 Å². The van der Waals surface area contributed by atoms with Crippen LogP contribution in [0, 0.1) is 17.8 Å². The molecule has 0 aromatic rings. The molecular weight excluding hydrogens is 328 g/mol. The summed E-state index contributed by atoms with van der Waals surface area (Å²) in [6, 6.07) is 0. The first kappa shape index (κ1) is 21.2. The molecule has 0 saturated heterocycles. The van der Waals surface area contributed by atoms with Crippen molar-refractivity contribution in [3.63, 3.8) is 0 Å². The molecule has 0 heterocycles. The summed E-state index contributed by atoms with van der Waals surface area (Å²) in [7, 11) is 0. The molecule has 4 nitrogen and oxygen atoms in total. The van der Waals surface area contributed by atoms with Crippen molar-refractivity contribution in [3.8, 4) is 0 Å². The van der Waals surface area contributed by atoms with Crippen LogP contribution in [-0.2, 0) is 19.1 Å². The molecule has 0 aromatic heterocycles. The van der Waals surface area contributed by atoms with Gasteiger partial charge in [-0.05, 0) is 70.6 Å². The molecule has 4 heteroatoms. The van der Waals surface area contributed by atoms with Crippen LogP contribution in [0.15, 0.2) is 0 Å². The lowest BCUT2D eigenvalue weighted by Gasteiger charge is -2.31. The van der Waals surface area contributed by atoms with Gasteiger partial charge in [0.1, 0.15) is 6.10 Å². The van der Waals surface area contributed by atoms with Gasteiger partial charge in [0.25, 0.3) is 0 Å². The van der Waals surface area contributed by atoms with E-state index in [0.29, 0.717) is 0 Å². The fourth-order valence-electron chi connectivity index (χ4n) is 4.53. The van der Waals surface area contributed by atoms with Crippen LogP contribution in [0.5, 0.6) is 0 Å². The Morgan fingerprint density at radius 3 is 2.00 bits per heavy atom. The fourth-order valence-corrected chi connectivity index (χ4v) is 4.53. The molecule has 2 aliphatic carbocycles. The van der Waals surface area contributed by atoms with Crippen molar-refractivity contribution in [3.05, 3.63) is 0 Å². The van der Waals surface area contributed by atoms with Crippen LogP contribution in [0.25, 0.3) is 0 Å². The van der Waals surface area contributed by atoms with E-state index in [2.05, 4.69) is 13.8 Å². The summed E-state index contributed by atoms with van der Waals surface area (Å²) in [5.41, 5.74) is 0. The SMILES string of the molecule is CCCC1CCC(C(=O)OC2CCC(C(=O)OC(C)CCC)CC2)CC1. The molecule has 26 heavy (non-hydrogen) atoms. The molecule has 2 fully saturated rings. The van der Waals surface area contributed by atoms with Crippen LogP contribution in [0.4, 0.5) is 0 Å². The van der Waals surface area contributed by atoms with Crippen molar-refractivity contribution in [1.82, 2.24) is 0 Å². The second-order valence-corrected chi connectivity index (χ2v) is 8.45. The Kier molecular flexibility index (Phi) is 8.94. The Hall–Kier alpha value is -1.06. The van der Waals surface area contributed by atoms with E-state index in [1.54, 1.807) is 0 Å². The van der Waals surface area contributed by atoms with Crippen LogP contribution in [0.3, 0.4) is 0 Å². The number of hydrogen-bond donors (Lipinski definition) is 0. The van der Waals surface area contributed by atoms with Crippen molar-refractivity contribution in [2.24, 2.45) is 17.8 Å². The highest BCUT2D eigenvalue weighted by Gasteiger charge is 2.32. The first-order valence-electron chi connectivity index (χ1n) is 10.9. The molecule has 0 spiro atoms. The minimum absolute atomic E-state index is 0.00235. The average Bonchev–Trinajstić information content (AvgIpc) is 2.63. The predicted octanol–water partition coefficient (Wildman–Crippen LogP) is 5.43. The highest BCUT2D eigenvalue weighted by Crippen LogP contribution is 2.34. The van der Waals surface area contributed by atoms with E-state index < -0.39 is 0 Å². The molecule has 0 aromatic carbocycles. The summed E-state index contributed by atoms with van der Waals surface area (Å²) < 4.78 is 11.3. The molecule has 0 amide bonds. The molecule has 1 atom stereocenters. The maximum Gasteiger partial charge on any atom is 0.309 e. The van der Waals surface area contributed by atoms with Crippen molar-refractivity contribution < 1.29 is 19.1 Å². The number of carbonyl (C=O) groups is 2. The van der Waals surface area contributed by atoms with E-state index in [1.807, 2.05) is 6.92 Å². The largest absolute Gasteiger partial charge is 0.462 e. The predicted molar refractivity (Wildman–Crippen MR) is 103 cm³/mol. The van der Waals surface area contributed by atoms with E-state index >= 15 is 0 Å². The highest BCUT2D eigenvalue weighted by atomic mass is 16.5. The highest BCUT2D eigenvalue weighted by molar-refractivity contribution is 5.73. The lowest BCUT2D eigenvalue weighted by atomic mass is 9.80. The Morgan fingerprint density at radius 1 is 0.846 bits per heavy atom. The van der Waals surface area contributed by atoms with Gasteiger partial charge in [0.05, 0.1) is 17.9 Å². The molecule has 0 radical (unpaired) electrons. The molecule has 0 bridgehead atoms. The fraction of sp³-hybridized carbons (Fsp3) is 0.909. The Balaban J connectivity index is 1.67. The van der Waals surface area contributed by atoms with Gasteiger partial charge in [-0.3, -0.25) is 9.59 Å². The zero-order valence-electron chi connectivity index (χ0n) is 17.0. The zero-order chi connectivity index (χ0) is 18.9. The maximum absolute atomic E-state index is 12.4. The standard InChI is InChI=1S/C22H38O4/c1-4-6-16(3)25-21(23)19-12-14-20(15-13-19)26-22(24)18-10-8-17(7-5-2)9-11-18/h16-20H,4-15H2,1-3H3. The summed E-state index contributed by atoms with van der Waals surface area (Å²) >= 11 is 0. The Labute approximate surface area is 159 Å². The van der Waals surface area contributed by atoms with Crippen LogP contribution < -0.4 is 0 Å². The lowest BCUT2D eigenvalue weighted by molar-refractivity contribution is -0.160. The van der Waals surface area contributed by atoms with Gasteiger partial charge in [-0.2, -0.15) is 0 Å². The number of hydrogen-bond acceptors (Lipinski definition) is 4. The lowest BCUT2D eigenvalue weighted by Crippen LogP contribution is -2.32. The van der Waals surface area contributed by atoms with E-state index in [1.165, 1.54) is 25.7 Å².